The number of anilines is 2. The first-order valence-electron chi connectivity index (χ1n) is 8.73. The molecule has 0 fully saturated rings. The van der Waals surface area contributed by atoms with Gasteiger partial charge in [0, 0.05) is 32.9 Å². The number of hydrogen-bond donors (Lipinski definition) is 2. The molecule has 4 nitrogen and oxygen atoms in total. The Kier molecular flexibility index (Phi) is 5.81. The molecule has 7 heteroatoms. The summed E-state index contributed by atoms with van der Waals surface area (Å²) in [6, 6.07) is 21.7. The Balaban J connectivity index is 1.50. The molecule has 0 aliphatic heterocycles. The van der Waals surface area contributed by atoms with Gasteiger partial charge in [-0.3, -0.25) is 0 Å². The van der Waals surface area contributed by atoms with Crippen LogP contribution < -0.4 is 10.6 Å². The van der Waals surface area contributed by atoms with Crippen molar-refractivity contribution in [3.8, 4) is 21.8 Å². The minimum absolute atomic E-state index is 0.334. The zero-order valence-corrected chi connectivity index (χ0v) is 17.4. The number of nitrogens with one attached hydrogen (secondary N) is 2. The van der Waals surface area contributed by atoms with Crippen LogP contribution in [0.2, 0.25) is 10.0 Å². The Bertz CT molecular complexity index is 1160. The van der Waals surface area contributed by atoms with Crippen molar-refractivity contribution in [1.82, 2.24) is 4.98 Å². The highest BCUT2D eigenvalue weighted by Crippen LogP contribution is 2.33. The van der Waals surface area contributed by atoms with Gasteiger partial charge in [-0.05, 0) is 42.5 Å². The van der Waals surface area contributed by atoms with Gasteiger partial charge in [0.1, 0.15) is 5.01 Å². The van der Waals surface area contributed by atoms with E-state index in [-0.39, 0.29) is 6.03 Å². The lowest BCUT2D eigenvalue weighted by Crippen LogP contribution is -2.19. The Hall–Kier alpha value is -2.86. The molecule has 29 heavy (non-hydrogen) atoms. The molecule has 4 aromatic rings. The number of carbonyl (C=O) groups excluding carboxylic acids is 1. The second-order valence-corrected chi connectivity index (χ2v) is 7.89. The van der Waals surface area contributed by atoms with Gasteiger partial charge in [-0.15, -0.1) is 11.3 Å². The Morgan fingerprint density at radius 3 is 2.41 bits per heavy atom. The number of benzene rings is 3. The molecule has 0 bridgehead atoms. The van der Waals surface area contributed by atoms with Crippen molar-refractivity contribution in [2.75, 3.05) is 10.6 Å². The first-order chi connectivity index (χ1) is 14.1. The maximum absolute atomic E-state index is 12.3. The molecule has 0 atom stereocenters. The van der Waals surface area contributed by atoms with Crippen molar-refractivity contribution in [3.05, 3.63) is 88.2 Å². The average Bonchev–Trinajstić information content (AvgIpc) is 3.20. The normalized spacial score (nSPS) is 10.6. The third-order valence-corrected chi connectivity index (χ3v) is 5.58. The fourth-order valence-electron chi connectivity index (χ4n) is 2.75. The van der Waals surface area contributed by atoms with Crippen LogP contribution in [0.15, 0.2) is 78.2 Å². The molecule has 0 saturated carbocycles. The molecule has 1 heterocycles. The van der Waals surface area contributed by atoms with Crippen molar-refractivity contribution >= 4 is 51.9 Å². The van der Waals surface area contributed by atoms with Crippen molar-refractivity contribution in [2.45, 2.75) is 0 Å². The maximum atomic E-state index is 12.3. The second kappa shape index (κ2) is 8.66. The van der Waals surface area contributed by atoms with Gasteiger partial charge in [0.05, 0.1) is 10.7 Å². The average molecular weight is 440 g/mol. The highest BCUT2D eigenvalue weighted by atomic mass is 35.5. The lowest BCUT2D eigenvalue weighted by atomic mass is 10.1. The van der Waals surface area contributed by atoms with E-state index in [9.17, 15) is 4.79 Å². The summed E-state index contributed by atoms with van der Waals surface area (Å²) in [5.41, 5.74) is 3.96. The predicted molar refractivity (Wildman–Crippen MR) is 122 cm³/mol. The molecule has 4 rings (SSSR count). The minimum atomic E-state index is -0.334. The summed E-state index contributed by atoms with van der Waals surface area (Å²) in [5.74, 6) is 0. The van der Waals surface area contributed by atoms with Crippen molar-refractivity contribution < 1.29 is 4.79 Å². The van der Waals surface area contributed by atoms with E-state index in [1.807, 2.05) is 53.9 Å². The lowest BCUT2D eigenvalue weighted by molar-refractivity contribution is 0.262. The number of rotatable bonds is 4. The van der Waals surface area contributed by atoms with E-state index in [1.54, 1.807) is 24.3 Å². The molecule has 0 aliphatic carbocycles. The predicted octanol–water partition coefficient (Wildman–Crippen LogP) is 7.43. The van der Waals surface area contributed by atoms with Gasteiger partial charge < -0.3 is 10.6 Å². The van der Waals surface area contributed by atoms with Crippen LogP contribution in [-0.2, 0) is 0 Å². The van der Waals surface area contributed by atoms with Gasteiger partial charge in [0.2, 0.25) is 0 Å². The fraction of sp³-hybridized carbons (Fsp3) is 0. The first-order valence-corrected chi connectivity index (χ1v) is 10.4. The first kappa shape index (κ1) is 19.5. The molecule has 0 unspecified atom stereocenters. The van der Waals surface area contributed by atoms with Crippen LogP contribution >= 0.6 is 34.5 Å². The van der Waals surface area contributed by atoms with Gasteiger partial charge in [-0.2, -0.15) is 0 Å². The van der Waals surface area contributed by atoms with E-state index in [2.05, 4.69) is 10.6 Å². The van der Waals surface area contributed by atoms with Gasteiger partial charge in [-0.1, -0.05) is 53.5 Å². The highest BCUT2D eigenvalue weighted by Gasteiger charge is 2.10. The van der Waals surface area contributed by atoms with Crippen molar-refractivity contribution in [1.29, 1.82) is 0 Å². The van der Waals surface area contributed by atoms with E-state index in [0.29, 0.717) is 21.4 Å². The molecular weight excluding hydrogens is 425 g/mol. The SMILES string of the molecule is O=C(Nc1ccc(Cl)cc1)Nc1cccc(-c2csc(-c3ccccc3Cl)n2)c1. The van der Waals surface area contributed by atoms with Gasteiger partial charge >= 0.3 is 6.03 Å². The monoisotopic (exact) mass is 439 g/mol. The fourth-order valence-corrected chi connectivity index (χ4v) is 4.02. The van der Waals surface area contributed by atoms with Gasteiger partial charge in [0.25, 0.3) is 0 Å². The number of aromatic nitrogens is 1. The third kappa shape index (κ3) is 4.77. The zero-order valence-electron chi connectivity index (χ0n) is 15.0. The quantitative estimate of drug-likeness (QED) is 0.347. The van der Waals surface area contributed by atoms with Gasteiger partial charge in [-0.25, -0.2) is 9.78 Å². The summed E-state index contributed by atoms with van der Waals surface area (Å²) < 4.78 is 0. The van der Waals surface area contributed by atoms with Crippen molar-refractivity contribution in [3.63, 3.8) is 0 Å². The topological polar surface area (TPSA) is 54.0 Å². The van der Waals surface area contributed by atoms with E-state index >= 15 is 0 Å². The molecular formula is C22H15Cl2N3OS. The Morgan fingerprint density at radius 2 is 1.62 bits per heavy atom. The number of nitrogens with zero attached hydrogens (tertiary/aromatic N) is 1. The van der Waals surface area contributed by atoms with Crippen molar-refractivity contribution in [2.24, 2.45) is 0 Å². The lowest BCUT2D eigenvalue weighted by Gasteiger charge is -2.08. The smallest absolute Gasteiger partial charge is 0.308 e. The number of amides is 2. The van der Waals surface area contributed by atoms with Crippen LogP contribution in [0, 0.1) is 0 Å². The summed E-state index contributed by atoms with van der Waals surface area (Å²) in [7, 11) is 0. The van der Waals surface area contributed by atoms with Crippen LogP contribution in [0.1, 0.15) is 0 Å². The number of thiazole rings is 1. The van der Waals surface area contributed by atoms with E-state index in [4.69, 9.17) is 28.2 Å². The molecule has 2 amide bonds. The largest absolute Gasteiger partial charge is 0.323 e. The molecule has 2 N–H and O–H groups in total. The standard InChI is InChI=1S/C22H15Cl2N3OS/c23-15-8-10-16(11-9-15)25-22(28)26-17-5-3-4-14(12-17)20-13-29-21(27-20)18-6-1-2-7-19(18)24/h1-13H,(H2,25,26,28). The Labute approximate surface area is 182 Å². The summed E-state index contributed by atoms with van der Waals surface area (Å²) in [6.45, 7) is 0. The summed E-state index contributed by atoms with van der Waals surface area (Å²) >= 11 is 13.7. The molecule has 1 aromatic heterocycles. The molecule has 3 aromatic carbocycles. The Morgan fingerprint density at radius 1 is 0.862 bits per heavy atom. The molecule has 0 saturated heterocycles. The minimum Gasteiger partial charge on any atom is -0.308 e. The highest BCUT2D eigenvalue weighted by molar-refractivity contribution is 7.13. The summed E-state index contributed by atoms with van der Waals surface area (Å²) in [6.07, 6.45) is 0. The maximum Gasteiger partial charge on any atom is 0.323 e. The molecule has 0 radical (unpaired) electrons. The van der Waals surface area contributed by atoms with Gasteiger partial charge in [0.15, 0.2) is 0 Å². The molecule has 144 valence electrons. The van der Waals surface area contributed by atoms with Crippen LogP contribution in [0.4, 0.5) is 16.2 Å². The van der Waals surface area contributed by atoms with Crippen LogP contribution in [0.25, 0.3) is 21.8 Å². The number of carbonyl (C=O) groups is 1. The van der Waals surface area contributed by atoms with Crippen LogP contribution in [0.5, 0.6) is 0 Å². The number of halogens is 2. The zero-order chi connectivity index (χ0) is 20.2. The summed E-state index contributed by atoms with van der Waals surface area (Å²) in [4.78, 5) is 17.0. The number of hydrogen-bond acceptors (Lipinski definition) is 3. The summed E-state index contributed by atoms with van der Waals surface area (Å²) in [5, 5.41) is 9.72. The number of urea groups is 1. The molecule has 0 spiro atoms. The van der Waals surface area contributed by atoms with Crippen LogP contribution in [0.3, 0.4) is 0 Å². The third-order valence-electron chi connectivity index (χ3n) is 4.13. The van der Waals surface area contributed by atoms with Crippen LogP contribution in [-0.4, -0.2) is 11.0 Å². The van der Waals surface area contributed by atoms with E-state index in [1.165, 1.54) is 11.3 Å². The van der Waals surface area contributed by atoms with E-state index in [0.717, 1.165) is 21.8 Å². The molecule has 0 aliphatic rings. The van der Waals surface area contributed by atoms with E-state index < -0.39 is 0 Å². The second-order valence-electron chi connectivity index (χ2n) is 6.18.